The third-order valence-electron chi connectivity index (χ3n) is 5.95. The molecule has 1 heterocycles. The van der Waals surface area contributed by atoms with Crippen molar-refractivity contribution < 1.29 is 9.59 Å². The maximum atomic E-state index is 12.7. The topological polar surface area (TPSA) is 49.4 Å². The van der Waals surface area contributed by atoms with Gasteiger partial charge in [-0.1, -0.05) is 54.6 Å². The van der Waals surface area contributed by atoms with E-state index in [-0.39, 0.29) is 24.5 Å². The maximum absolute atomic E-state index is 12.7. The largest absolute Gasteiger partial charge is 0.341 e. The number of carbonyl (C=O) groups excluding carboxylic acids is 2. The quantitative estimate of drug-likeness (QED) is 0.633. The van der Waals surface area contributed by atoms with E-state index in [4.69, 9.17) is 0 Å². The predicted molar refractivity (Wildman–Crippen MR) is 121 cm³/mol. The number of rotatable bonds is 6. The zero-order valence-corrected chi connectivity index (χ0v) is 17.5. The smallest absolute Gasteiger partial charge is 0.223 e. The molecule has 154 valence electrons. The number of hydrogen-bond donors (Lipinski definition) is 1. The molecular weight excluding hydrogens is 372 g/mol. The molecule has 1 N–H and O–H groups in total. The van der Waals surface area contributed by atoms with Crippen molar-refractivity contribution in [2.75, 3.05) is 20.1 Å². The highest BCUT2D eigenvalue weighted by atomic mass is 16.2. The molecular formula is C26H28N2O2. The monoisotopic (exact) mass is 400 g/mol. The molecule has 0 saturated heterocycles. The summed E-state index contributed by atoms with van der Waals surface area (Å²) in [7, 11) is 1.81. The second-order valence-electron chi connectivity index (χ2n) is 8.04. The summed E-state index contributed by atoms with van der Waals surface area (Å²) in [6, 6.07) is 20.4. The number of carbonyl (C=O) groups is 2. The van der Waals surface area contributed by atoms with Crippen molar-refractivity contribution in [2.24, 2.45) is 0 Å². The lowest BCUT2D eigenvalue weighted by Crippen LogP contribution is -2.26. The molecule has 0 radical (unpaired) electrons. The van der Waals surface area contributed by atoms with Gasteiger partial charge in [-0.3, -0.25) is 9.59 Å². The third-order valence-corrected chi connectivity index (χ3v) is 5.95. The van der Waals surface area contributed by atoms with Gasteiger partial charge < -0.3 is 10.2 Å². The van der Waals surface area contributed by atoms with Gasteiger partial charge in [0.05, 0.1) is 0 Å². The molecule has 3 aromatic rings. The summed E-state index contributed by atoms with van der Waals surface area (Å²) in [6.45, 7) is 2.47. The van der Waals surface area contributed by atoms with E-state index in [2.05, 4.69) is 35.6 Å². The van der Waals surface area contributed by atoms with E-state index in [0.29, 0.717) is 6.54 Å². The summed E-state index contributed by atoms with van der Waals surface area (Å²) in [6.07, 6.45) is 2.43. The van der Waals surface area contributed by atoms with Crippen LogP contribution < -0.4 is 5.32 Å². The average Bonchev–Trinajstić information content (AvgIpc) is 3.02. The van der Waals surface area contributed by atoms with Gasteiger partial charge in [-0.15, -0.1) is 0 Å². The highest BCUT2D eigenvalue weighted by Crippen LogP contribution is 2.21. The minimum absolute atomic E-state index is 0.00440. The second-order valence-corrected chi connectivity index (χ2v) is 8.04. The van der Waals surface area contributed by atoms with E-state index in [0.717, 1.165) is 42.4 Å². The number of nitrogens with one attached hydrogen (secondary N) is 1. The van der Waals surface area contributed by atoms with E-state index in [1.54, 1.807) is 4.90 Å². The SMILES string of the molecule is CN(Cc1cccc2ccccc12)C(=O)CCC(=O)c1ccc2c(c1)CCNCC2. The molecule has 1 amide bonds. The summed E-state index contributed by atoms with van der Waals surface area (Å²) < 4.78 is 0. The van der Waals surface area contributed by atoms with E-state index >= 15 is 0 Å². The van der Waals surface area contributed by atoms with E-state index < -0.39 is 0 Å². The molecule has 0 atom stereocenters. The highest BCUT2D eigenvalue weighted by molar-refractivity contribution is 5.98. The molecule has 0 unspecified atom stereocenters. The molecule has 0 bridgehead atoms. The Hall–Kier alpha value is -2.98. The summed E-state index contributed by atoms with van der Waals surface area (Å²) in [4.78, 5) is 27.1. The average molecular weight is 401 g/mol. The number of nitrogens with zero attached hydrogens (tertiary/aromatic N) is 1. The number of ketones is 1. The molecule has 4 heteroatoms. The van der Waals surface area contributed by atoms with Crippen molar-refractivity contribution in [1.29, 1.82) is 0 Å². The molecule has 0 saturated carbocycles. The van der Waals surface area contributed by atoms with Crippen molar-refractivity contribution in [1.82, 2.24) is 10.2 Å². The lowest BCUT2D eigenvalue weighted by molar-refractivity contribution is -0.130. The van der Waals surface area contributed by atoms with Crippen molar-refractivity contribution in [3.8, 4) is 0 Å². The first-order valence-electron chi connectivity index (χ1n) is 10.7. The number of Topliss-reactive ketones (excluding diaryl/α,β-unsaturated/α-hetero) is 1. The first-order chi connectivity index (χ1) is 14.6. The Bertz CT molecular complexity index is 1070. The minimum Gasteiger partial charge on any atom is -0.341 e. The Kier molecular flexibility index (Phi) is 6.24. The number of benzene rings is 3. The minimum atomic E-state index is -0.00440. The van der Waals surface area contributed by atoms with Crippen molar-refractivity contribution in [3.05, 3.63) is 82.9 Å². The van der Waals surface area contributed by atoms with Gasteiger partial charge in [-0.2, -0.15) is 0 Å². The van der Waals surface area contributed by atoms with Gasteiger partial charge in [0.2, 0.25) is 5.91 Å². The second kappa shape index (κ2) is 9.23. The predicted octanol–water partition coefficient (Wildman–Crippen LogP) is 4.15. The summed E-state index contributed by atoms with van der Waals surface area (Å²) in [5, 5.41) is 5.72. The van der Waals surface area contributed by atoms with E-state index in [9.17, 15) is 9.59 Å². The molecule has 0 aliphatic carbocycles. The Labute approximate surface area is 177 Å². The van der Waals surface area contributed by atoms with Crippen LogP contribution in [0.3, 0.4) is 0 Å². The molecule has 1 aliphatic heterocycles. The normalized spacial score (nSPS) is 13.5. The zero-order valence-electron chi connectivity index (χ0n) is 17.5. The summed E-state index contributed by atoms with van der Waals surface area (Å²) in [5.41, 5.74) is 4.42. The Balaban J connectivity index is 1.37. The van der Waals surface area contributed by atoms with Gasteiger partial charge in [0.1, 0.15) is 0 Å². The fourth-order valence-electron chi connectivity index (χ4n) is 4.18. The van der Waals surface area contributed by atoms with Gasteiger partial charge in [-0.05, 0) is 59.5 Å². The molecule has 0 spiro atoms. The first kappa shape index (κ1) is 20.3. The number of hydrogen-bond acceptors (Lipinski definition) is 3. The molecule has 1 aliphatic rings. The van der Waals surface area contributed by atoms with Crippen LogP contribution in [0.5, 0.6) is 0 Å². The lowest BCUT2D eigenvalue weighted by Gasteiger charge is -2.18. The number of fused-ring (bicyclic) bond motifs is 2. The van der Waals surface area contributed by atoms with Crippen LogP contribution in [0.2, 0.25) is 0 Å². The van der Waals surface area contributed by atoms with Crippen LogP contribution in [0.1, 0.15) is 39.9 Å². The Morgan fingerprint density at radius 2 is 1.67 bits per heavy atom. The van der Waals surface area contributed by atoms with Gasteiger partial charge in [0.15, 0.2) is 5.78 Å². The molecule has 4 nitrogen and oxygen atoms in total. The van der Waals surface area contributed by atoms with Crippen LogP contribution in [-0.2, 0) is 24.2 Å². The standard InChI is InChI=1S/C26H28N2O2/c1-28(18-23-7-4-6-20-5-2-3-8-24(20)23)26(30)12-11-25(29)22-10-9-19-13-15-27-16-14-21(19)17-22/h2-10,17,27H,11-16,18H2,1H3. The van der Waals surface area contributed by atoms with Crippen molar-refractivity contribution >= 4 is 22.5 Å². The zero-order chi connectivity index (χ0) is 20.9. The summed E-state index contributed by atoms with van der Waals surface area (Å²) in [5.74, 6) is 0.0390. The lowest BCUT2D eigenvalue weighted by atomic mass is 9.97. The van der Waals surface area contributed by atoms with Gasteiger partial charge in [-0.25, -0.2) is 0 Å². The third kappa shape index (κ3) is 4.60. The maximum Gasteiger partial charge on any atom is 0.223 e. The van der Waals surface area contributed by atoms with Crippen molar-refractivity contribution in [2.45, 2.75) is 32.2 Å². The van der Waals surface area contributed by atoms with Gasteiger partial charge in [0.25, 0.3) is 0 Å². The molecule has 4 rings (SSSR count). The van der Waals surface area contributed by atoms with E-state index in [1.807, 2.05) is 37.4 Å². The van der Waals surface area contributed by atoms with E-state index in [1.165, 1.54) is 16.5 Å². The van der Waals surface area contributed by atoms with Crippen molar-refractivity contribution in [3.63, 3.8) is 0 Å². The van der Waals surface area contributed by atoms with Crippen LogP contribution in [0.4, 0.5) is 0 Å². The van der Waals surface area contributed by atoms with Crippen LogP contribution in [-0.4, -0.2) is 36.7 Å². The number of amides is 1. The molecule has 3 aromatic carbocycles. The summed E-state index contributed by atoms with van der Waals surface area (Å²) >= 11 is 0. The Morgan fingerprint density at radius 1 is 0.900 bits per heavy atom. The van der Waals surface area contributed by atoms with Crippen LogP contribution in [0.15, 0.2) is 60.7 Å². The van der Waals surface area contributed by atoms with Crippen LogP contribution in [0, 0.1) is 0 Å². The molecule has 0 aromatic heterocycles. The first-order valence-corrected chi connectivity index (χ1v) is 10.7. The Morgan fingerprint density at radius 3 is 2.53 bits per heavy atom. The van der Waals surface area contributed by atoms with Crippen LogP contribution in [0.25, 0.3) is 10.8 Å². The van der Waals surface area contributed by atoms with Gasteiger partial charge >= 0.3 is 0 Å². The molecule has 0 fully saturated rings. The fourth-order valence-corrected chi connectivity index (χ4v) is 4.18. The van der Waals surface area contributed by atoms with Crippen LogP contribution >= 0.6 is 0 Å². The fraction of sp³-hybridized carbons (Fsp3) is 0.308. The highest BCUT2D eigenvalue weighted by Gasteiger charge is 2.16. The van der Waals surface area contributed by atoms with Gasteiger partial charge in [0, 0.05) is 32.0 Å². The molecule has 30 heavy (non-hydrogen) atoms.